The van der Waals surface area contributed by atoms with Gasteiger partial charge in [0.25, 0.3) is 0 Å². The molecule has 1 aromatic heterocycles. The second kappa shape index (κ2) is 11.4. The van der Waals surface area contributed by atoms with E-state index in [1.54, 1.807) is 0 Å². The van der Waals surface area contributed by atoms with Crippen molar-refractivity contribution in [3.63, 3.8) is 0 Å². The van der Waals surface area contributed by atoms with Crippen molar-refractivity contribution in [3.8, 4) is 0 Å². The molecule has 0 radical (unpaired) electrons. The molecule has 1 rings (SSSR count). The minimum atomic E-state index is 0. The number of aryl methyl sites for hydroxylation is 2. The SMILES string of the molecule is CCCCn1cc[n+](C)c1.I.[I-].[Zn]. The number of aromatic nitrogens is 2. The van der Waals surface area contributed by atoms with Crippen LogP contribution >= 0.6 is 24.0 Å². The fraction of sp³-hybridized carbons (Fsp3) is 0.625. The van der Waals surface area contributed by atoms with Crippen molar-refractivity contribution in [3.05, 3.63) is 18.7 Å². The van der Waals surface area contributed by atoms with Gasteiger partial charge in [-0.15, -0.1) is 24.0 Å². The molecular weight excluding hydrogens is 443 g/mol. The van der Waals surface area contributed by atoms with E-state index in [4.69, 9.17) is 0 Å². The minimum absolute atomic E-state index is 0. The molecule has 0 unspecified atom stereocenters. The monoisotopic (exact) mass is 458 g/mol. The van der Waals surface area contributed by atoms with Crippen LogP contribution in [-0.4, -0.2) is 4.57 Å². The Labute approximate surface area is 127 Å². The molecule has 0 atom stereocenters. The van der Waals surface area contributed by atoms with Crippen molar-refractivity contribution in [1.82, 2.24) is 4.57 Å². The standard InChI is InChI=1S/C8H15N2.2HI.Zn/c1-3-4-5-10-7-6-9(2)8-10;;;/h6-8H,3-5H2,1-2H3;2*1H;/q+1;;;/p-1. The van der Waals surface area contributed by atoms with Gasteiger partial charge in [0.2, 0.25) is 6.33 Å². The summed E-state index contributed by atoms with van der Waals surface area (Å²) in [6, 6.07) is 0. The van der Waals surface area contributed by atoms with Crippen molar-refractivity contribution >= 4 is 24.0 Å². The van der Waals surface area contributed by atoms with Crippen LogP contribution in [0.4, 0.5) is 0 Å². The molecule has 1 aromatic rings. The number of hydrogen-bond acceptors (Lipinski definition) is 0. The number of halogens is 2. The fourth-order valence-electron chi connectivity index (χ4n) is 0.975. The summed E-state index contributed by atoms with van der Waals surface area (Å²) in [7, 11) is 2.04. The summed E-state index contributed by atoms with van der Waals surface area (Å²) < 4.78 is 4.28. The maximum atomic E-state index is 2.21. The van der Waals surface area contributed by atoms with Crippen molar-refractivity contribution in [1.29, 1.82) is 0 Å². The molecule has 5 heteroatoms. The van der Waals surface area contributed by atoms with Gasteiger partial charge in [-0.3, -0.25) is 0 Å². The van der Waals surface area contributed by atoms with E-state index in [2.05, 4.69) is 34.8 Å². The third-order valence-corrected chi connectivity index (χ3v) is 1.59. The molecule has 1 heterocycles. The molecule has 0 N–H and O–H groups in total. The maximum absolute atomic E-state index is 2.21. The van der Waals surface area contributed by atoms with Gasteiger partial charge in [0.1, 0.15) is 12.4 Å². The van der Waals surface area contributed by atoms with E-state index in [-0.39, 0.29) is 67.4 Å². The summed E-state index contributed by atoms with van der Waals surface area (Å²) in [5.74, 6) is 0. The molecule has 0 saturated carbocycles. The molecule has 0 aliphatic heterocycles. The van der Waals surface area contributed by atoms with Crippen LogP contribution in [0.1, 0.15) is 19.8 Å². The van der Waals surface area contributed by atoms with Crippen molar-refractivity contribution in [2.45, 2.75) is 26.3 Å². The van der Waals surface area contributed by atoms with E-state index in [1.165, 1.54) is 12.8 Å². The molecule has 0 saturated heterocycles. The van der Waals surface area contributed by atoms with Crippen LogP contribution in [0.5, 0.6) is 0 Å². The van der Waals surface area contributed by atoms with Crippen LogP contribution < -0.4 is 28.5 Å². The number of nitrogens with zero attached hydrogens (tertiary/aromatic N) is 2. The molecule has 74 valence electrons. The van der Waals surface area contributed by atoms with Crippen molar-refractivity contribution < 1.29 is 48.0 Å². The predicted octanol–water partition coefficient (Wildman–Crippen LogP) is -1.27. The fourth-order valence-corrected chi connectivity index (χ4v) is 0.975. The molecule has 13 heavy (non-hydrogen) atoms. The number of rotatable bonds is 3. The Kier molecular flexibility index (Phi) is 17.3. The third-order valence-electron chi connectivity index (χ3n) is 1.59. The Morgan fingerprint density at radius 2 is 2.00 bits per heavy atom. The van der Waals surface area contributed by atoms with Gasteiger partial charge in [-0.25, -0.2) is 9.13 Å². The normalized spacial score (nSPS) is 7.85. The van der Waals surface area contributed by atoms with E-state index >= 15 is 0 Å². The Hall–Kier alpha value is 1.29. The predicted molar refractivity (Wildman–Crippen MR) is 55.9 cm³/mol. The van der Waals surface area contributed by atoms with Crippen LogP contribution in [0.15, 0.2) is 18.7 Å². The van der Waals surface area contributed by atoms with E-state index in [1.807, 2.05) is 7.05 Å². The van der Waals surface area contributed by atoms with Crippen LogP contribution in [0.2, 0.25) is 0 Å². The summed E-state index contributed by atoms with van der Waals surface area (Å²) in [6.07, 6.45) is 8.82. The van der Waals surface area contributed by atoms with Crippen LogP contribution in [0.3, 0.4) is 0 Å². The van der Waals surface area contributed by atoms with Crippen LogP contribution in [-0.2, 0) is 33.1 Å². The van der Waals surface area contributed by atoms with Gasteiger partial charge in [0, 0.05) is 19.5 Å². The maximum Gasteiger partial charge on any atom is 0.243 e. The summed E-state index contributed by atoms with van der Waals surface area (Å²) in [4.78, 5) is 0. The number of imidazole rings is 1. The van der Waals surface area contributed by atoms with Gasteiger partial charge < -0.3 is 24.0 Å². The minimum Gasteiger partial charge on any atom is -1.00 e. The Morgan fingerprint density at radius 1 is 1.38 bits per heavy atom. The Morgan fingerprint density at radius 3 is 2.38 bits per heavy atom. The molecule has 0 aliphatic rings. The molecule has 0 fully saturated rings. The van der Waals surface area contributed by atoms with Crippen molar-refractivity contribution in [2.24, 2.45) is 7.05 Å². The average molecular weight is 459 g/mol. The van der Waals surface area contributed by atoms with Gasteiger partial charge in [-0.1, -0.05) is 13.3 Å². The van der Waals surface area contributed by atoms with Gasteiger partial charge in [0.15, 0.2) is 0 Å². The molecule has 0 aliphatic carbocycles. The van der Waals surface area contributed by atoms with Gasteiger partial charge in [-0.2, -0.15) is 0 Å². The van der Waals surface area contributed by atoms with Gasteiger partial charge >= 0.3 is 0 Å². The first kappa shape index (κ1) is 19.8. The Bertz CT molecular complexity index is 204. The first-order valence-corrected chi connectivity index (χ1v) is 3.84. The topological polar surface area (TPSA) is 8.81 Å². The van der Waals surface area contributed by atoms with Crippen LogP contribution in [0, 0.1) is 0 Å². The first-order valence-electron chi connectivity index (χ1n) is 3.84. The third kappa shape index (κ3) is 8.30. The zero-order valence-electron chi connectivity index (χ0n) is 8.24. The van der Waals surface area contributed by atoms with E-state index in [0.717, 1.165) is 6.54 Å². The van der Waals surface area contributed by atoms with E-state index in [9.17, 15) is 0 Å². The number of hydrogen-bond donors (Lipinski definition) is 0. The van der Waals surface area contributed by atoms with Crippen molar-refractivity contribution in [2.75, 3.05) is 0 Å². The molecule has 0 bridgehead atoms. The molecule has 0 amide bonds. The van der Waals surface area contributed by atoms with Crippen LogP contribution in [0.25, 0.3) is 0 Å². The molecular formula is C8H16I2N2Zn. The second-order valence-corrected chi connectivity index (χ2v) is 2.67. The summed E-state index contributed by atoms with van der Waals surface area (Å²) in [5, 5.41) is 0. The summed E-state index contributed by atoms with van der Waals surface area (Å²) in [6.45, 7) is 3.36. The first-order chi connectivity index (χ1) is 4.83. The zero-order chi connectivity index (χ0) is 7.40. The second-order valence-electron chi connectivity index (χ2n) is 2.67. The quantitative estimate of drug-likeness (QED) is 0.303. The summed E-state index contributed by atoms with van der Waals surface area (Å²) in [5.41, 5.74) is 0. The van der Waals surface area contributed by atoms with Gasteiger partial charge in [0.05, 0.1) is 13.6 Å². The van der Waals surface area contributed by atoms with Gasteiger partial charge in [-0.05, 0) is 6.42 Å². The number of unbranched alkanes of at least 4 members (excludes halogenated alkanes) is 1. The largest absolute Gasteiger partial charge is 1.00 e. The smallest absolute Gasteiger partial charge is 0.243 e. The Balaban J connectivity index is -0.000000333. The zero-order valence-corrected chi connectivity index (χ0v) is 15.7. The molecule has 2 nitrogen and oxygen atoms in total. The molecule has 0 aromatic carbocycles. The summed E-state index contributed by atoms with van der Waals surface area (Å²) >= 11 is 0. The van der Waals surface area contributed by atoms with E-state index < -0.39 is 0 Å². The average Bonchev–Trinajstić information content (AvgIpc) is 2.31. The molecule has 0 spiro atoms. The van der Waals surface area contributed by atoms with E-state index in [0.29, 0.717) is 0 Å².